The Morgan fingerprint density at radius 3 is 2.26 bits per heavy atom. The summed E-state index contributed by atoms with van der Waals surface area (Å²) >= 11 is 0. The molecule has 3 nitrogen and oxygen atoms in total. The fourth-order valence-electron chi connectivity index (χ4n) is 2.68. The van der Waals surface area contributed by atoms with E-state index in [2.05, 4.69) is 12.2 Å². The number of carbonyl (C=O) groups is 1. The first-order chi connectivity index (χ1) is 13.0. The van der Waals surface area contributed by atoms with Gasteiger partial charge in [-0.1, -0.05) is 71.4 Å². The highest BCUT2D eigenvalue weighted by Crippen LogP contribution is 2.33. The van der Waals surface area contributed by atoms with Crippen LogP contribution in [0.15, 0.2) is 30.3 Å². The maximum atomic E-state index is 12.6. The Balaban J connectivity index is 0. The Hall–Kier alpha value is -1.49. The third-order valence-corrected chi connectivity index (χ3v) is 4.13. The van der Waals surface area contributed by atoms with E-state index in [4.69, 9.17) is 5.11 Å². The lowest BCUT2D eigenvalue weighted by Crippen LogP contribution is -2.20. The van der Waals surface area contributed by atoms with Crippen LogP contribution >= 0.6 is 0 Å². The van der Waals surface area contributed by atoms with Crippen molar-refractivity contribution >= 4 is 6.41 Å². The molecule has 0 aliphatic heterocycles. The van der Waals surface area contributed by atoms with Gasteiger partial charge in [-0.05, 0) is 30.7 Å². The summed E-state index contributed by atoms with van der Waals surface area (Å²) in [5.74, 6) is -1.85. The summed E-state index contributed by atoms with van der Waals surface area (Å²) in [5, 5.41) is 11.4. The minimum absolute atomic E-state index is 0.0698. The zero-order valence-electron chi connectivity index (χ0n) is 17.7. The molecule has 0 radical (unpaired) electrons. The molecule has 1 fully saturated rings. The van der Waals surface area contributed by atoms with E-state index < -0.39 is 5.92 Å². The number of carbonyl (C=O) groups excluding carboxylic acids is 1. The van der Waals surface area contributed by atoms with Gasteiger partial charge in [0.05, 0.1) is 6.04 Å². The summed E-state index contributed by atoms with van der Waals surface area (Å²) in [6.45, 7) is 10.1. The average Bonchev–Trinajstić information content (AvgIpc) is 2.86. The molecule has 2 atom stereocenters. The molecule has 0 aromatic heterocycles. The number of hydrogen-bond donors (Lipinski definition) is 2. The molecule has 1 aliphatic rings. The quantitative estimate of drug-likeness (QED) is 0.471. The summed E-state index contributed by atoms with van der Waals surface area (Å²) in [5.41, 5.74) is 1.02. The molecule has 2 rings (SSSR count). The number of aliphatic hydroxyl groups excluding tert-OH is 1. The fraction of sp³-hybridized carbons (Fsp3) is 0.682. The van der Waals surface area contributed by atoms with E-state index in [1.165, 1.54) is 0 Å². The van der Waals surface area contributed by atoms with Crippen molar-refractivity contribution in [1.29, 1.82) is 0 Å². The van der Waals surface area contributed by atoms with Crippen LogP contribution in [0.3, 0.4) is 0 Å². The van der Waals surface area contributed by atoms with E-state index in [1.54, 1.807) is 0 Å². The van der Waals surface area contributed by atoms with Gasteiger partial charge in [-0.3, -0.25) is 4.79 Å². The Morgan fingerprint density at radius 1 is 1.15 bits per heavy atom. The number of aliphatic hydroxyl groups is 1. The maximum absolute atomic E-state index is 12.6. The molecule has 0 saturated heterocycles. The second kappa shape index (κ2) is 17.9. The Kier molecular flexibility index (Phi) is 18.4. The molecule has 158 valence electrons. The van der Waals surface area contributed by atoms with Crippen molar-refractivity contribution in [3.8, 4) is 0 Å². The van der Waals surface area contributed by atoms with Gasteiger partial charge >= 0.3 is 0 Å². The predicted octanol–water partition coefficient (Wildman–Crippen LogP) is 6.13. The molecule has 1 amide bonds. The normalized spacial score (nSPS) is 18.6. The van der Waals surface area contributed by atoms with Crippen molar-refractivity contribution in [3.05, 3.63) is 35.9 Å². The minimum Gasteiger partial charge on any atom is -0.396 e. The van der Waals surface area contributed by atoms with Crippen molar-refractivity contribution < 1.29 is 18.7 Å². The number of nitrogens with one attached hydrogen (secondary N) is 1. The van der Waals surface area contributed by atoms with Crippen LogP contribution < -0.4 is 5.32 Å². The highest BCUT2D eigenvalue weighted by molar-refractivity contribution is 5.47. The van der Waals surface area contributed by atoms with E-state index in [9.17, 15) is 13.6 Å². The molecule has 0 heterocycles. The van der Waals surface area contributed by atoms with Crippen LogP contribution in [-0.2, 0) is 4.79 Å². The largest absolute Gasteiger partial charge is 0.396 e. The van der Waals surface area contributed by atoms with E-state index in [1.807, 2.05) is 58.0 Å². The summed E-state index contributed by atoms with van der Waals surface area (Å²) in [7, 11) is 0. The van der Waals surface area contributed by atoms with Gasteiger partial charge in [-0.2, -0.15) is 0 Å². The number of hydrogen-bond acceptors (Lipinski definition) is 2. The van der Waals surface area contributed by atoms with Gasteiger partial charge in [0.25, 0.3) is 0 Å². The number of benzene rings is 1. The van der Waals surface area contributed by atoms with Crippen LogP contribution in [0.5, 0.6) is 0 Å². The third kappa shape index (κ3) is 14.3. The molecule has 1 aromatic rings. The summed E-state index contributed by atoms with van der Waals surface area (Å²) < 4.78 is 25.3. The van der Waals surface area contributed by atoms with Gasteiger partial charge in [-0.15, -0.1) is 0 Å². The van der Waals surface area contributed by atoms with Crippen LogP contribution in [0.1, 0.15) is 84.7 Å². The summed E-state index contributed by atoms with van der Waals surface area (Å²) in [6, 6.07) is 9.51. The highest BCUT2D eigenvalue weighted by atomic mass is 19.3. The van der Waals surface area contributed by atoms with Crippen molar-refractivity contribution in [1.82, 2.24) is 5.32 Å². The van der Waals surface area contributed by atoms with Gasteiger partial charge in [0.1, 0.15) is 0 Å². The lowest BCUT2D eigenvalue weighted by molar-refractivity contribution is -0.110. The number of rotatable bonds is 5. The van der Waals surface area contributed by atoms with Gasteiger partial charge < -0.3 is 10.4 Å². The molecular weight excluding hydrogens is 348 g/mol. The van der Waals surface area contributed by atoms with Crippen molar-refractivity contribution in [3.63, 3.8) is 0 Å². The van der Waals surface area contributed by atoms with Crippen LogP contribution in [-0.4, -0.2) is 24.0 Å². The molecule has 2 unspecified atom stereocenters. The summed E-state index contributed by atoms with van der Waals surface area (Å²) in [4.78, 5) is 10.3. The standard InChI is InChI=1S/C10H13NO2.C8H14F2.2C2H6/c12-7-6-10(11-8-13)9-4-2-1-3-5-9;1-7-3-2-5-8(9,10)6-4-7;2*1-2/h1-5,8,10,12H,6-7H2,(H,11,13);7H,2-6H2,1H3;2*1-2H3. The van der Waals surface area contributed by atoms with Crippen LogP contribution in [0.25, 0.3) is 0 Å². The number of alkyl halides is 2. The smallest absolute Gasteiger partial charge is 0.248 e. The van der Waals surface area contributed by atoms with Crippen LogP contribution in [0, 0.1) is 5.92 Å². The molecule has 0 spiro atoms. The highest BCUT2D eigenvalue weighted by Gasteiger charge is 2.30. The fourth-order valence-corrected chi connectivity index (χ4v) is 2.68. The van der Waals surface area contributed by atoms with E-state index in [-0.39, 0.29) is 25.5 Å². The average molecular weight is 388 g/mol. The van der Waals surface area contributed by atoms with Crippen molar-refractivity contribution in [2.75, 3.05) is 6.61 Å². The van der Waals surface area contributed by atoms with Crippen molar-refractivity contribution in [2.24, 2.45) is 5.92 Å². The topological polar surface area (TPSA) is 49.3 Å². The third-order valence-electron chi connectivity index (χ3n) is 4.13. The molecule has 5 heteroatoms. The first-order valence-corrected chi connectivity index (χ1v) is 10.2. The zero-order chi connectivity index (χ0) is 21.1. The molecule has 27 heavy (non-hydrogen) atoms. The number of amides is 1. The second-order valence-electron chi connectivity index (χ2n) is 6.15. The lowest BCUT2D eigenvalue weighted by atomic mass is 10.0. The Morgan fingerprint density at radius 2 is 1.74 bits per heavy atom. The van der Waals surface area contributed by atoms with Gasteiger partial charge in [0, 0.05) is 19.4 Å². The van der Waals surface area contributed by atoms with Crippen LogP contribution in [0.2, 0.25) is 0 Å². The molecule has 0 bridgehead atoms. The van der Waals surface area contributed by atoms with E-state index in [0.717, 1.165) is 12.0 Å². The van der Waals surface area contributed by atoms with Gasteiger partial charge in [-0.25, -0.2) is 8.78 Å². The van der Waals surface area contributed by atoms with Crippen molar-refractivity contribution in [2.45, 2.75) is 85.1 Å². The Bertz CT molecular complexity index is 441. The number of halogens is 2. The van der Waals surface area contributed by atoms with Gasteiger partial charge in [0.15, 0.2) is 0 Å². The van der Waals surface area contributed by atoms with Crippen LogP contribution in [0.4, 0.5) is 8.78 Å². The molecule has 1 aliphatic carbocycles. The molecule has 1 aromatic carbocycles. The minimum atomic E-state index is -2.36. The Labute approximate surface area is 164 Å². The second-order valence-corrected chi connectivity index (χ2v) is 6.15. The monoisotopic (exact) mass is 387 g/mol. The predicted molar refractivity (Wildman–Crippen MR) is 110 cm³/mol. The first kappa shape index (κ1) is 27.7. The molecule has 1 saturated carbocycles. The van der Waals surface area contributed by atoms with Gasteiger partial charge in [0.2, 0.25) is 12.3 Å². The SMILES string of the molecule is CC.CC.CC1CCCC(F)(F)CC1.O=CNC(CCO)c1ccccc1. The first-order valence-electron chi connectivity index (χ1n) is 10.2. The molecule has 2 N–H and O–H groups in total. The van der Waals surface area contributed by atoms with E-state index >= 15 is 0 Å². The zero-order valence-corrected chi connectivity index (χ0v) is 17.7. The lowest BCUT2D eigenvalue weighted by Gasteiger charge is -2.14. The summed E-state index contributed by atoms with van der Waals surface area (Å²) in [6.07, 6.45) is 3.80. The van der Waals surface area contributed by atoms with E-state index in [0.29, 0.717) is 31.6 Å². The molecular formula is C22H39F2NO2. The maximum Gasteiger partial charge on any atom is 0.248 e.